The Kier molecular flexibility index (Phi) is 8.63. The first-order valence-corrected chi connectivity index (χ1v) is 7.80. The van der Waals surface area contributed by atoms with Crippen LogP contribution in [0.3, 0.4) is 0 Å². The number of benzene rings is 1. The maximum absolute atomic E-state index is 5.77. The molecule has 0 bridgehead atoms. The molecule has 1 aliphatic heterocycles. The van der Waals surface area contributed by atoms with Crippen LogP contribution in [-0.4, -0.2) is 35.4 Å². The number of morpholine rings is 1. The second-order valence-corrected chi connectivity index (χ2v) is 5.44. The Morgan fingerprint density at radius 3 is 2.87 bits per heavy atom. The normalized spacial score (nSPS) is 17.2. The molecule has 0 radical (unpaired) electrons. The Morgan fingerprint density at radius 1 is 1.30 bits per heavy atom. The van der Waals surface area contributed by atoms with E-state index in [-0.39, 0.29) is 24.8 Å². The van der Waals surface area contributed by atoms with Crippen molar-refractivity contribution in [3.8, 4) is 11.4 Å². The number of aromatic nitrogens is 2. The summed E-state index contributed by atoms with van der Waals surface area (Å²) in [4.78, 5) is 4.57. The first kappa shape index (κ1) is 20.0. The maximum atomic E-state index is 5.77. The minimum Gasteiger partial charge on any atom is -0.376 e. The summed E-state index contributed by atoms with van der Waals surface area (Å²) >= 11 is 0. The van der Waals surface area contributed by atoms with E-state index in [1.807, 2.05) is 6.20 Å². The molecule has 1 aromatic carbocycles. The smallest absolute Gasteiger partial charge is 0.140 e. The maximum Gasteiger partial charge on any atom is 0.140 e. The molecular weight excluding hydrogens is 333 g/mol. The molecule has 0 aliphatic carbocycles. The zero-order valence-corrected chi connectivity index (χ0v) is 15.0. The van der Waals surface area contributed by atoms with Crippen LogP contribution in [-0.2, 0) is 17.7 Å². The van der Waals surface area contributed by atoms with E-state index in [1.54, 1.807) is 0 Å². The molecule has 2 aromatic rings. The van der Waals surface area contributed by atoms with Gasteiger partial charge < -0.3 is 14.6 Å². The predicted molar refractivity (Wildman–Crippen MR) is 98.8 cm³/mol. The lowest BCUT2D eigenvalue weighted by molar-refractivity contribution is 0.0211. The SMILES string of the molecule is CCc1ccccc1-c1nccn1CCC1CNCCO1.Cl.Cl. The lowest BCUT2D eigenvalue weighted by Gasteiger charge is -2.24. The first-order valence-electron chi connectivity index (χ1n) is 7.80. The highest BCUT2D eigenvalue weighted by atomic mass is 35.5. The Labute approximate surface area is 150 Å². The minimum absolute atomic E-state index is 0. The van der Waals surface area contributed by atoms with Crippen molar-refractivity contribution >= 4 is 24.8 Å². The predicted octanol–water partition coefficient (Wildman–Crippen LogP) is 3.33. The van der Waals surface area contributed by atoms with Crippen LogP contribution in [0.1, 0.15) is 18.9 Å². The average molecular weight is 358 g/mol. The van der Waals surface area contributed by atoms with E-state index in [1.165, 1.54) is 11.1 Å². The van der Waals surface area contributed by atoms with E-state index in [9.17, 15) is 0 Å². The highest BCUT2D eigenvalue weighted by molar-refractivity contribution is 5.85. The molecule has 1 atom stereocenters. The van der Waals surface area contributed by atoms with Gasteiger partial charge in [-0.25, -0.2) is 4.98 Å². The van der Waals surface area contributed by atoms with Crippen LogP contribution in [0.2, 0.25) is 0 Å². The number of nitrogens with one attached hydrogen (secondary N) is 1. The van der Waals surface area contributed by atoms with Gasteiger partial charge in [0.25, 0.3) is 0 Å². The van der Waals surface area contributed by atoms with Crippen molar-refractivity contribution in [1.82, 2.24) is 14.9 Å². The van der Waals surface area contributed by atoms with Gasteiger partial charge in [0.05, 0.1) is 12.7 Å². The number of ether oxygens (including phenoxy) is 1. The van der Waals surface area contributed by atoms with Crippen LogP contribution in [0.15, 0.2) is 36.7 Å². The van der Waals surface area contributed by atoms with Gasteiger partial charge in [0, 0.05) is 37.6 Å². The number of rotatable bonds is 5. The fourth-order valence-electron chi connectivity index (χ4n) is 2.87. The van der Waals surface area contributed by atoms with Gasteiger partial charge >= 0.3 is 0 Å². The number of hydrogen-bond acceptors (Lipinski definition) is 3. The molecule has 1 aromatic heterocycles. The van der Waals surface area contributed by atoms with Crippen molar-refractivity contribution < 1.29 is 4.74 Å². The molecule has 0 spiro atoms. The van der Waals surface area contributed by atoms with E-state index in [2.05, 4.69) is 52.3 Å². The quantitative estimate of drug-likeness (QED) is 0.891. The molecule has 1 saturated heterocycles. The van der Waals surface area contributed by atoms with Gasteiger partial charge in [-0.05, 0) is 18.4 Å². The third kappa shape index (κ3) is 4.95. The van der Waals surface area contributed by atoms with Crippen LogP contribution in [0.25, 0.3) is 11.4 Å². The summed E-state index contributed by atoms with van der Waals surface area (Å²) in [5, 5.41) is 3.38. The van der Waals surface area contributed by atoms with E-state index in [4.69, 9.17) is 4.74 Å². The molecule has 23 heavy (non-hydrogen) atoms. The fourth-order valence-corrected chi connectivity index (χ4v) is 2.87. The standard InChI is InChI=1S/C17H23N3O.2ClH/c1-2-14-5-3-4-6-16(14)17-19-8-11-20(17)10-7-15-13-18-9-12-21-15;;/h3-6,8,11,15,18H,2,7,9-10,12-13H2,1H3;2*1H. The third-order valence-electron chi connectivity index (χ3n) is 4.05. The lowest BCUT2D eigenvalue weighted by atomic mass is 10.0. The molecule has 0 amide bonds. The summed E-state index contributed by atoms with van der Waals surface area (Å²) in [6, 6.07) is 8.53. The summed E-state index contributed by atoms with van der Waals surface area (Å²) in [6.45, 7) is 5.87. The Bertz CT molecular complexity index is 583. The largest absolute Gasteiger partial charge is 0.376 e. The number of halogens is 2. The van der Waals surface area contributed by atoms with E-state index >= 15 is 0 Å². The molecule has 3 rings (SSSR count). The average Bonchev–Trinajstić information content (AvgIpc) is 3.02. The number of hydrogen-bond donors (Lipinski definition) is 1. The molecule has 2 heterocycles. The first-order chi connectivity index (χ1) is 10.4. The molecular formula is C17H25Cl2N3O. The lowest BCUT2D eigenvalue weighted by Crippen LogP contribution is -2.38. The van der Waals surface area contributed by atoms with Crippen molar-refractivity contribution in [2.75, 3.05) is 19.7 Å². The number of aryl methyl sites for hydroxylation is 2. The molecule has 128 valence electrons. The van der Waals surface area contributed by atoms with Crippen LogP contribution < -0.4 is 5.32 Å². The summed E-state index contributed by atoms with van der Waals surface area (Å²) in [5.74, 6) is 1.07. The van der Waals surface area contributed by atoms with Crippen molar-refractivity contribution in [2.24, 2.45) is 0 Å². The topological polar surface area (TPSA) is 39.1 Å². The van der Waals surface area contributed by atoms with Crippen molar-refractivity contribution in [2.45, 2.75) is 32.4 Å². The van der Waals surface area contributed by atoms with Gasteiger partial charge in [-0.15, -0.1) is 24.8 Å². The number of imidazole rings is 1. The van der Waals surface area contributed by atoms with E-state index < -0.39 is 0 Å². The van der Waals surface area contributed by atoms with Gasteiger partial charge in [0.1, 0.15) is 5.82 Å². The van der Waals surface area contributed by atoms with Crippen LogP contribution in [0.4, 0.5) is 0 Å². The summed E-state index contributed by atoms with van der Waals surface area (Å²) in [7, 11) is 0. The van der Waals surface area contributed by atoms with Crippen LogP contribution in [0, 0.1) is 0 Å². The van der Waals surface area contributed by atoms with Gasteiger partial charge in [-0.1, -0.05) is 31.2 Å². The molecule has 1 fully saturated rings. The van der Waals surface area contributed by atoms with Crippen molar-refractivity contribution in [1.29, 1.82) is 0 Å². The second-order valence-electron chi connectivity index (χ2n) is 5.44. The van der Waals surface area contributed by atoms with Gasteiger partial charge in [0.2, 0.25) is 0 Å². The van der Waals surface area contributed by atoms with E-state index in [0.29, 0.717) is 6.10 Å². The van der Waals surface area contributed by atoms with Gasteiger partial charge in [-0.2, -0.15) is 0 Å². The van der Waals surface area contributed by atoms with Crippen molar-refractivity contribution in [3.63, 3.8) is 0 Å². The fraction of sp³-hybridized carbons (Fsp3) is 0.471. The highest BCUT2D eigenvalue weighted by Gasteiger charge is 2.15. The van der Waals surface area contributed by atoms with Crippen LogP contribution in [0.5, 0.6) is 0 Å². The zero-order chi connectivity index (χ0) is 14.5. The van der Waals surface area contributed by atoms with Crippen molar-refractivity contribution in [3.05, 3.63) is 42.2 Å². The molecule has 6 heteroatoms. The summed E-state index contributed by atoms with van der Waals surface area (Å²) in [6.07, 6.45) is 6.32. The monoisotopic (exact) mass is 357 g/mol. The summed E-state index contributed by atoms with van der Waals surface area (Å²) in [5.41, 5.74) is 2.59. The molecule has 1 aliphatic rings. The minimum atomic E-state index is 0. The number of nitrogens with zero attached hydrogens (tertiary/aromatic N) is 2. The molecule has 1 N–H and O–H groups in total. The Balaban J connectivity index is 0.00000132. The van der Waals surface area contributed by atoms with Crippen LogP contribution >= 0.6 is 24.8 Å². The van der Waals surface area contributed by atoms with Gasteiger partial charge in [0.15, 0.2) is 0 Å². The van der Waals surface area contributed by atoms with Gasteiger partial charge in [-0.3, -0.25) is 0 Å². The third-order valence-corrected chi connectivity index (χ3v) is 4.05. The Hall–Kier alpha value is -1.07. The molecule has 4 nitrogen and oxygen atoms in total. The molecule has 1 unspecified atom stereocenters. The highest BCUT2D eigenvalue weighted by Crippen LogP contribution is 2.23. The zero-order valence-electron chi connectivity index (χ0n) is 13.4. The van der Waals surface area contributed by atoms with E-state index in [0.717, 1.165) is 44.9 Å². The Morgan fingerprint density at radius 2 is 2.13 bits per heavy atom. The molecule has 0 saturated carbocycles. The summed E-state index contributed by atoms with van der Waals surface area (Å²) < 4.78 is 8.01. The second kappa shape index (κ2) is 9.93.